The molecule has 2 aromatic heterocycles. The maximum Gasteiger partial charge on any atom is 0.243 e. The highest BCUT2D eigenvalue weighted by atomic mass is 32.2. The standard InChI is InChI=1S/C26H28N6O3S/c1-19-17-20(2)32(29-19)26-18-25(27-21(3)28-26)30-13-15-31(16-14-30)36(33,34)24-11-9-23(10-12-24)35-22-7-5-4-6-8-22/h4-12,17-18H,13-16H2,1-3H3. The summed E-state index contributed by atoms with van der Waals surface area (Å²) in [7, 11) is -3.62. The Bertz CT molecular complexity index is 1460. The van der Waals surface area contributed by atoms with Gasteiger partial charge in [-0.05, 0) is 63.2 Å². The Balaban J connectivity index is 1.27. The van der Waals surface area contributed by atoms with Crippen molar-refractivity contribution in [1.29, 1.82) is 0 Å². The summed E-state index contributed by atoms with van der Waals surface area (Å²) in [6.07, 6.45) is 0. The van der Waals surface area contributed by atoms with Crippen molar-refractivity contribution in [2.75, 3.05) is 31.1 Å². The molecule has 36 heavy (non-hydrogen) atoms. The fraction of sp³-hybridized carbons (Fsp3) is 0.269. The Kier molecular flexibility index (Phi) is 6.46. The Labute approximate surface area is 211 Å². The topological polar surface area (TPSA) is 93.5 Å². The lowest BCUT2D eigenvalue weighted by Crippen LogP contribution is -2.49. The normalized spacial score (nSPS) is 14.7. The first-order chi connectivity index (χ1) is 17.3. The zero-order valence-corrected chi connectivity index (χ0v) is 21.3. The number of benzene rings is 2. The number of aryl methyl sites for hydroxylation is 3. The molecule has 10 heteroatoms. The number of sulfonamides is 1. The molecule has 1 aliphatic heterocycles. The van der Waals surface area contributed by atoms with Gasteiger partial charge in [-0.25, -0.2) is 23.1 Å². The minimum atomic E-state index is -3.62. The minimum Gasteiger partial charge on any atom is -0.457 e. The first-order valence-corrected chi connectivity index (χ1v) is 13.2. The molecule has 0 atom stereocenters. The summed E-state index contributed by atoms with van der Waals surface area (Å²) < 4.78 is 35.6. The third-order valence-electron chi connectivity index (χ3n) is 6.04. The van der Waals surface area contributed by atoms with Gasteiger partial charge in [-0.15, -0.1) is 0 Å². The van der Waals surface area contributed by atoms with E-state index in [0.717, 1.165) is 17.2 Å². The summed E-state index contributed by atoms with van der Waals surface area (Å²) in [5.41, 5.74) is 1.91. The largest absolute Gasteiger partial charge is 0.457 e. The fourth-order valence-corrected chi connectivity index (χ4v) is 5.70. The van der Waals surface area contributed by atoms with Crippen LogP contribution in [0.1, 0.15) is 17.2 Å². The van der Waals surface area contributed by atoms with Crippen molar-refractivity contribution in [3.63, 3.8) is 0 Å². The maximum absolute atomic E-state index is 13.3. The van der Waals surface area contributed by atoms with E-state index in [1.54, 1.807) is 28.9 Å². The summed E-state index contributed by atoms with van der Waals surface area (Å²) in [6.45, 7) is 7.57. The van der Waals surface area contributed by atoms with Gasteiger partial charge in [0.25, 0.3) is 0 Å². The van der Waals surface area contributed by atoms with E-state index in [9.17, 15) is 8.42 Å². The van der Waals surface area contributed by atoms with Gasteiger partial charge in [0.05, 0.1) is 10.6 Å². The van der Waals surface area contributed by atoms with Crippen LogP contribution >= 0.6 is 0 Å². The Morgan fingerprint density at radius 1 is 0.778 bits per heavy atom. The van der Waals surface area contributed by atoms with Crippen molar-refractivity contribution in [1.82, 2.24) is 24.1 Å². The highest BCUT2D eigenvalue weighted by Gasteiger charge is 2.29. The smallest absolute Gasteiger partial charge is 0.243 e. The van der Waals surface area contributed by atoms with Crippen molar-refractivity contribution < 1.29 is 13.2 Å². The van der Waals surface area contributed by atoms with Crippen molar-refractivity contribution in [2.45, 2.75) is 25.7 Å². The molecule has 9 nitrogen and oxygen atoms in total. The highest BCUT2D eigenvalue weighted by molar-refractivity contribution is 7.89. The predicted octanol–water partition coefficient (Wildman–Crippen LogP) is 3.89. The molecule has 0 unspecified atom stereocenters. The van der Waals surface area contributed by atoms with Crippen molar-refractivity contribution >= 4 is 15.8 Å². The second-order valence-corrected chi connectivity index (χ2v) is 10.7. The van der Waals surface area contributed by atoms with Gasteiger partial charge >= 0.3 is 0 Å². The molecule has 0 spiro atoms. The monoisotopic (exact) mass is 504 g/mol. The lowest BCUT2D eigenvalue weighted by molar-refractivity contribution is 0.383. The Morgan fingerprint density at radius 3 is 2.06 bits per heavy atom. The molecule has 0 radical (unpaired) electrons. The van der Waals surface area contributed by atoms with Gasteiger partial charge in [0.1, 0.15) is 23.1 Å². The Morgan fingerprint density at radius 2 is 1.42 bits per heavy atom. The molecule has 0 saturated carbocycles. The molecule has 0 aliphatic carbocycles. The number of hydrogen-bond acceptors (Lipinski definition) is 7. The van der Waals surface area contributed by atoms with Crippen LogP contribution in [0.2, 0.25) is 0 Å². The number of ether oxygens (including phenoxy) is 1. The molecule has 2 aromatic carbocycles. The molecule has 1 saturated heterocycles. The van der Waals surface area contributed by atoms with E-state index in [0.29, 0.717) is 49.3 Å². The summed E-state index contributed by atoms with van der Waals surface area (Å²) in [5.74, 6) is 3.40. The van der Waals surface area contributed by atoms with E-state index in [1.165, 1.54) is 4.31 Å². The molecule has 3 heterocycles. The second kappa shape index (κ2) is 9.71. The molecule has 1 fully saturated rings. The number of rotatable bonds is 6. The van der Waals surface area contributed by atoms with Crippen LogP contribution in [0, 0.1) is 20.8 Å². The second-order valence-electron chi connectivity index (χ2n) is 8.75. The molecule has 0 bridgehead atoms. The number of piperazine rings is 1. The number of para-hydroxylation sites is 1. The Hall–Kier alpha value is -3.76. The van der Waals surface area contributed by atoms with Gasteiger partial charge in [0, 0.05) is 37.9 Å². The fourth-order valence-electron chi connectivity index (χ4n) is 4.28. The number of nitrogens with zero attached hydrogens (tertiary/aromatic N) is 6. The van der Waals surface area contributed by atoms with Gasteiger partial charge in [-0.2, -0.15) is 9.40 Å². The van der Waals surface area contributed by atoms with Crippen molar-refractivity contribution in [2.24, 2.45) is 0 Å². The molecular formula is C26H28N6O3S. The summed E-state index contributed by atoms with van der Waals surface area (Å²) in [4.78, 5) is 11.5. The van der Waals surface area contributed by atoms with Crippen LogP contribution in [0.5, 0.6) is 11.5 Å². The van der Waals surface area contributed by atoms with Gasteiger partial charge in [-0.3, -0.25) is 0 Å². The number of aromatic nitrogens is 4. The quantitative estimate of drug-likeness (QED) is 0.393. The van der Waals surface area contributed by atoms with Crippen LogP contribution < -0.4 is 9.64 Å². The van der Waals surface area contributed by atoms with Gasteiger partial charge in [0.15, 0.2) is 5.82 Å². The molecule has 1 aliphatic rings. The van der Waals surface area contributed by atoms with Crippen LogP contribution in [0.4, 0.5) is 5.82 Å². The van der Waals surface area contributed by atoms with E-state index in [2.05, 4.69) is 20.0 Å². The van der Waals surface area contributed by atoms with E-state index < -0.39 is 10.0 Å². The molecule has 0 amide bonds. The van der Waals surface area contributed by atoms with E-state index >= 15 is 0 Å². The van der Waals surface area contributed by atoms with Crippen LogP contribution in [-0.4, -0.2) is 58.7 Å². The molecule has 4 aromatic rings. The van der Waals surface area contributed by atoms with Crippen LogP contribution in [0.3, 0.4) is 0 Å². The average molecular weight is 505 g/mol. The predicted molar refractivity (Wildman–Crippen MR) is 137 cm³/mol. The SMILES string of the molecule is Cc1cc(C)n(-c2cc(N3CCN(S(=O)(=O)c4ccc(Oc5ccccc5)cc4)CC3)nc(C)n2)n1. The van der Waals surface area contributed by atoms with Crippen molar-refractivity contribution in [3.05, 3.63) is 83.9 Å². The minimum absolute atomic E-state index is 0.251. The van der Waals surface area contributed by atoms with Crippen LogP contribution in [0.15, 0.2) is 71.6 Å². The summed E-state index contributed by atoms with van der Waals surface area (Å²) >= 11 is 0. The van der Waals surface area contributed by atoms with E-state index in [-0.39, 0.29) is 4.90 Å². The van der Waals surface area contributed by atoms with Crippen molar-refractivity contribution in [3.8, 4) is 17.3 Å². The number of anilines is 1. The van der Waals surface area contributed by atoms with Crippen LogP contribution in [0.25, 0.3) is 5.82 Å². The molecular weight excluding hydrogens is 476 g/mol. The van der Waals surface area contributed by atoms with E-state index in [4.69, 9.17) is 4.74 Å². The summed E-state index contributed by atoms with van der Waals surface area (Å²) in [6, 6.07) is 19.8. The summed E-state index contributed by atoms with van der Waals surface area (Å²) in [5, 5.41) is 4.53. The van der Waals surface area contributed by atoms with Gasteiger partial charge < -0.3 is 9.64 Å². The maximum atomic E-state index is 13.3. The zero-order valence-electron chi connectivity index (χ0n) is 20.5. The highest BCUT2D eigenvalue weighted by Crippen LogP contribution is 2.26. The van der Waals surface area contributed by atoms with Crippen LogP contribution in [-0.2, 0) is 10.0 Å². The molecule has 186 valence electrons. The average Bonchev–Trinajstić information content (AvgIpc) is 3.22. The van der Waals surface area contributed by atoms with Gasteiger partial charge in [-0.1, -0.05) is 18.2 Å². The molecule has 5 rings (SSSR count). The zero-order chi connectivity index (χ0) is 25.3. The lowest BCUT2D eigenvalue weighted by Gasteiger charge is -2.34. The lowest BCUT2D eigenvalue weighted by atomic mass is 10.3. The first-order valence-electron chi connectivity index (χ1n) is 11.8. The third-order valence-corrected chi connectivity index (χ3v) is 7.95. The first kappa shape index (κ1) is 24.0. The van der Waals surface area contributed by atoms with Gasteiger partial charge in [0.2, 0.25) is 10.0 Å². The molecule has 0 N–H and O–H groups in total. The third kappa shape index (κ3) is 4.95. The van der Waals surface area contributed by atoms with E-state index in [1.807, 2.05) is 63.2 Å². The number of hydrogen-bond donors (Lipinski definition) is 0.